The van der Waals surface area contributed by atoms with Gasteiger partial charge in [-0.05, 0) is 66.9 Å². The lowest BCUT2D eigenvalue weighted by Crippen LogP contribution is -2.22. The summed E-state index contributed by atoms with van der Waals surface area (Å²) in [7, 11) is 0. The van der Waals surface area contributed by atoms with E-state index in [-0.39, 0.29) is 11.2 Å². The summed E-state index contributed by atoms with van der Waals surface area (Å²) in [5, 5.41) is 13.4. The molecule has 1 atom stereocenters. The van der Waals surface area contributed by atoms with Crippen LogP contribution >= 0.6 is 11.8 Å². The molecule has 146 valence electrons. The Hall–Kier alpha value is -3.12. The first kappa shape index (κ1) is 19.2. The molecule has 1 aromatic heterocycles. The molecular weight excluding hydrogens is 382 g/mol. The Morgan fingerprint density at radius 3 is 2.55 bits per heavy atom. The highest BCUT2D eigenvalue weighted by molar-refractivity contribution is 8.00. The van der Waals surface area contributed by atoms with Gasteiger partial charge in [-0.25, -0.2) is 0 Å². The van der Waals surface area contributed by atoms with Crippen LogP contribution in [-0.4, -0.2) is 21.4 Å². The van der Waals surface area contributed by atoms with Gasteiger partial charge in [0.15, 0.2) is 0 Å². The van der Waals surface area contributed by atoms with Gasteiger partial charge in [0, 0.05) is 11.3 Å². The molecule has 5 nitrogen and oxygen atoms in total. The fraction of sp³-hybridized carbons (Fsp3) is 0.174. The number of nitrogens with zero attached hydrogens (tertiary/aromatic N) is 2. The second-order valence-corrected chi connectivity index (χ2v) is 8.28. The van der Waals surface area contributed by atoms with E-state index < -0.39 is 0 Å². The minimum absolute atomic E-state index is 0.115. The summed E-state index contributed by atoms with van der Waals surface area (Å²) < 4.78 is 5.75. The number of carbonyl (C=O) groups is 1. The van der Waals surface area contributed by atoms with Gasteiger partial charge in [-0.1, -0.05) is 48.2 Å². The smallest absolute Gasteiger partial charge is 0.277 e. The second kappa shape index (κ2) is 8.09. The number of nitrogens with one attached hydrogen (secondary N) is 1. The van der Waals surface area contributed by atoms with Crippen molar-refractivity contribution in [2.24, 2.45) is 0 Å². The Balaban J connectivity index is 1.43. The van der Waals surface area contributed by atoms with Gasteiger partial charge in [0.2, 0.25) is 11.8 Å². The fourth-order valence-corrected chi connectivity index (χ4v) is 3.65. The predicted octanol–water partition coefficient (Wildman–Crippen LogP) is 5.63. The lowest BCUT2D eigenvalue weighted by Gasteiger charge is -2.10. The molecule has 0 radical (unpaired) electrons. The molecule has 0 saturated heterocycles. The number of hydrogen-bond donors (Lipinski definition) is 1. The third-order valence-electron chi connectivity index (χ3n) is 4.82. The molecule has 0 bridgehead atoms. The second-order valence-electron chi connectivity index (χ2n) is 6.98. The number of aryl methyl sites for hydroxylation is 2. The number of aromatic nitrogens is 2. The predicted molar refractivity (Wildman–Crippen MR) is 117 cm³/mol. The molecule has 1 amide bonds. The summed E-state index contributed by atoms with van der Waals surface area (Å²) in [5.41, 5.74) is 4.02. The molecular formula is C23H21N3O2S. The molecule has 0 saturated carbocycles. The molecule has 0 fully saturated rings. The molecule has 0 aliphatic heterocycles. The van der Waals surface area contributed by atoms with Gasteiger partial charge in [0.25, 0.3) is 5.22 Å². The van der Waals surface area contributed by atoms with Gasteiger partial charge in [0.1, 0.15) is 0 Å². The topological polar surface area (TPSA) is 68.0 Å². The summed E-state index contributed by atoms with van der Waals surface area (Å²) in [6.45, 7) is 5.93. The molecule has 0 unspecified atom stereocenters. The van der Waals surface area contributed by atoms with E-state index in [1.54, 1.807) is 0 Å². The van der Waals surface area contributed by atoms with Crippen molar-refractivity contribution in [2.45, 2.75) is 31.2 Å². The molecule has 0 aliphatic rings. The Morgan fingerprint density at radius 1 is 0.966 bits per heavy atom. The zero-order valence-electron chi connectivity index (χ0n) is 16.5. The molecule has 3 aromatic carbocycles. The highest BCUT2D eigenvalue weighted by atomic mass is 32.2. The first-order valence-electron chi connectivity index (χ1n) is 9.37. The van der Waals surface area contributed by atoms with E-state index in [0.717, 1.165) is 27.6 Å². The maximum Gasteiger partial charge on any atom is 0.277 e. The van der Waals surface area contributed by atoms with Gasteiger partial charge in [0.05, 0.1) is 5.25 Å². The number of anilines is 1. The summed E-state index contributed by atoms with van der Waals surface area (Å²) >= 11 is 1.25. The minimum Gasteiger partial charge on any atom is -0.411 e. The number of hydrogen-bond acceptors (Lipinski definition) is 5. The van der Waals surface area contributed by atoms with Crippen LogP contribution in [0.1, 0.15) is 18.1 Å². The van der Waals surface area contributed by atoms with Gasteiger partial charge in [-0.2, -0.15) is 0 Å². The number of fused-ring (bicyclic) bond motifs is 1. The minimum atomic E-state index is -0.380. The lowest BCUT2D eigenvalue weighted by atomic mass is 10.1. The van der Waals surface area contributed by atoms with Gasteiger partial charge in [-0.15, -0.1) is 10.2 Å². The van der Waals surface area contributed by atoms with Crippen molar-refractivity contribution < 1.29 is 9.21 Å². The SMILES string of the molecule is Cc1ccc(-c2nnc(S[C@H](C)C(=O)Nc3ccc4ccccc4c3)o2)cc1C. The van der Waals surface area contributed by atoms with E-state index in [2.05, 4.69) is 22.4 Å². The van der Waals surface area contributed by atoms with Gasteiger partial charge < -0.3 is 9.73 Å². The molecule has 4 rings (SSSR count). The van der Waals surface area contributed by atoms with Crippen molar-refractivity contribution in [3.63, 3.8) is 0 Å². The monoisotopic (exact) mass is 403 g/mol. The van der Waals surface area contributed by atoms with Crippen LogP contribution in [0.5, 0.6) is 0 Å². The first-order chi connectivity index (χ1) is 14.0. The van der Waals surface area contributed by atoms with Crippen LogP contribution in [0.4, 0.5) is 5.69 Å². The molecule has 29 heavy (non-hydrogen) atoms. The van der Waals surface area contributed by atoms with E-state index in [9.17, 15) is 4.79 Å². The number of carbonyl (C=O) groups excluding carboxylic acids is 1. The van der Waals surface area contributed by atoms with Crippen molar-refractivity contribution in [1.82, 2.24) is 10.2 Å². The molecule has 1 N–H and O–H groups in total. The summed E-state index contributed by atoms with van der Waals surface area (Å²) in [6.07, 6.45) is 0. The van der Waals surface area contributed by atoms with E-state index in [1.165, 1.54) is 17.3 Å². The third kappa shape index (κ3) is 4.32. The van der Waals surface area contributed by atoms with E-state index in [1.807, 2.05) is 74.5 Å². The van der Waals surface area contributed by atoms with Crippen LogP contribution in [0.15, 0.2) is 70.3 Å². The zero-order chi connectivity index (χ0) is 20.4. The maximum atomic E-state index is 12.6. The Morgan fingerprint density at radius 2 is 1.76 bits per heavy atom. The van der Waals surface area contributed by atoms with Crippen LogP contribution in [0.3, 0.4) is 0 Å². The quantitative estimate of drug-likeness (QED) is 0.438. The average molecular weight is 404 g/mol. The molecule has 1 heterocycles. The van der Waals surface area contributed by atoms with Crippen molar-refractivity contribution in [3.8, 4) is 11.5 Å². The zero-order valence-corrected chi connectivity index (χ0v) is 17.3. The summed E-state index contributed by atoms with van der Waals surface area (Å²) in [4.78, 5) is 12.6. The van der Waals surface area contributed by atoms with E-state index in [4.69, 9.17) is 4.42 Å². The van der Waals surface area contributed by atoms with E-state index >= 15 is 0 Å². The maximum absolute atomic E-state index is 12.6. The largest absolute Gasteiger partial charge is 0.411 e. The summed E-state index contributed by atoms with van der Waals surface area (Å²) in [6, 6.07) is 19.9. The van der Waals surface area contributed by atoms with Crippen LogP contribution in [0.2, 0.25) is 0 Å². The van der Waals surface area contributed by atoms with Crippen molar-refractivity contribution in [2.75, 3.05) is 5.32 Å². The number of amides is 1. The molecule has 6 heteroatoms. The van der Waals surface area contributed by atoms with Crippen LogP contribution in [0, 0.1) is 13.8 Å². The Labute approximate surface area is 173 Å². The highest BCUT2D eigenvalue weighted by Crippen LogP contribution is 2.28. The number of rotatable bonds is 5. The summed E-state index contributed by atoms with van der Waals surface area (Å²) in [5.74, 6) is 0.342. The highest BCUT2D eigenvalue weighted by Gasteiger charge is 2.19. The molecule has 4 aromatic rings. The molecule has 0 spiro atoms. The van der Waals surface area contributed by atoms with Crippen LogP contribution in [0.25, 0.3) is 22.2 Å². The molecule has 0 aliphatic carbocycles. The van der Waals surface area contributed by atoms with Crippen LogP contribution in [-0.2, 0) is 4.79 Å². The first-order valence-corrected chi connectivity index (χ1v) is 10.2. The fourth-order valence-electron chi connectivity index (χ4n) is 2.96. The van der Waals surface area contributed by atoms with Crippen molar-refractivity contribution in [3.05, 3.63) is 71.8 Å². The van der Waals surface area contributed by atoms with Crippen molar-refractivity contribution in [1.29, 1.82) is 0 Å². The van der Waals surface area contributed by atoms with Gasteiger partial charge in [-0.3, -0.25) is 4.79 Å². The standard InChI is InChI=1S/C23H21N3O2S/c1-14-8-9-19(12-15(14)2)22-25-26-23(28-22)29-16(3)21(27)24-20-11-10-17-6-4-5-7-18(17)13-20/h4-13,16H,1-3H3,(H,24,27)/t16-/m1/s1. The lowest BCUT2D eigenvalue weighted by molar-refractivity contribution is -0.115. The number of thioether (sulfide) groups is 1. The Kier molecular flexibility index (Phi) is 5.36. The average Bonchev–Trinajstić information content (AvgIpc) is 3.18. The third-order valence-corrected chi connectivity index (χ3v) is 5.76. The normalized spacial score (nSPS) is 12.1. The number of benzene rings is 3. The van der Waals surface area contributed by atoms with Crippen LogP contribution < -0.4 is 5.32 Å². The Bertz CT molecular complexity index is 1190. The van der Waals surface area contributed by atoms with Gasteiger partial charge >= 0.3 is 0 Å². The van der Waals surface area contributed by atoms with E-state index in [0.29, 0.717) is 11.1 Å². The van der Waals surface area contributed by atoms with Crippen molar-refractivity contribution >= 4 is 34.1 Å².